The maximum Gasteiger partial charge on any atom is 0.322 e. The average Bonchev–Trinajstić information content (AvgIpc) is 2.58. The number of rotatable bonds is 8. The van der Waals surface area contributed by atoms with E-state index in [0.29, 0.717) is 31.2 Å². The number of ether oxygens (including phenoxy) is 2. The lowest BCUT2D eigenvalue weighted by molar-refractivity contribution is -0.146. The van der Waals surface area contributed by atoms with Gasteiger partial charge in [-0.1, -0.05) is 19.9 Å². The summed E-state index contributed by atoms with van der Waals surface area (Å²) in [6.07, 6.45) is 2.67. The summed E-state index contributed by atoms with van der Waals surface area (Å²) in [4.78, 5) is 11.3. The maximum absolute atomic E-state index is 11.3. The van der Waals surface area contributed by atoms with Crippen LogP contribution in [-0.2, 0) is 11.3 Å². The zero-order chi connectivity index (χ0) is 17.5. The summed E-state index contributed by atoms with van der Waals surface area (Å²) in [5.41, 5.74) is 4.29. The molecule has 0 aliphatic carbocycles. The van der Waals surface area contributed by atoms with E-state index in [4.69, 9.17) is 9.47 Å². The molecule has 1 fully saturated rings. The second-order valence-corrected chi connectivity index (χ2v) is 6.57. The van der Waals surface area contributed by atoms with Crippen LogP contribution in [0.15, 0.2) is 18.2 Å². The van der Waals surface area contributed by atoms with Gasteiger partial charge in [-0.05, 0) is 42.9 Å². The Morgan fingerprint density at radius 3 is 2.83 bits per heavy atom. The minimum atomic E-state index is -0.766. The molecule has 134 valence electrons. The van der Waals surface area contributed by atoms with Crippen molar-refractivity contribution in [3.63, 3.8) is 0 Å². The summed E-state index contributed by atoms with van der Waals surface area (Å²) in [5.74, 6) is 1.10. The SMILES string of the molecule is COc1ccc(CNN2CCCCC2C(=O)O)cc1OCC(C)C. The number of nitrogens with one attached hydrogen (secondary N) is 1. The molecule has 1 atom stereocenters. The van der Waals surface area contributed by atoms with Crippen molar-refractivity contribution in [1.29, 1.82) is 0 Å². The van der Waals surface area contributed by atoms with Crippen LogP contribution in [-0.4, -0.2) is 42.4 Å². The minimum absolute atomic E-state index is 0.432. The van der Waals surface area contributed by atoms with Crippen molar-refractivity contribution < 1.29 is 19.4 Å². The Balaban J connectivity index is 2.01. The topological polar surface area (TPSA) is 71.0 Å². The van der Waals surface area contributed by atoms with Gasteiger partial charge in [0, 0.05) is 13.1 Å². The number of methoxy groups -OCH3 is 1. The van der Waals surface area contributed by atoms with E-state index in [9.17, 15) is 9.90 Å². The lowest BCUT2D eigenvalue weighted by Gasteiger charge is -2.33. The van der Waals surface area contributed by atoms with Gasteiger partial charge in [-0.25, -0.2) is 10.4 Å². The second-order valence-electron chi connectivity index (χ2n) is 6.57. The molecule has 1 aromatic rings. The first-order chi connectivity index (χ1) is 11.5. The number of carbonyl (C=O) groups is 1. The van der Waals surface area contributed by atoms with E-state index in [0.717, 1.165) is 30.7 Å². The first kappa shape index (κ1) is 18.5. The summed E-state index contributed by atoms with van der Waals surface area (Å²) >= 11 is 0. The summed E-state index contributed by atoms with van der Waals surface area (Å²) in [6, 6.07) is 5.35. The number of piperidine rings is 1. The van der Waals surface area contributed by atoms with Gasteiger partial charge in [0.05, 0.1) is 13.7 Å². The van der Waals surface area contributed by atoms with Crippen LogP contribution in [0.1, 0.15) is 38.7 Å². The Kier molecular flexibility index (Phi) is 6.87. The van der Waals surface area contributed by atoms with Crippen molar-refractivity contribution >= 4 is 5.97 Å². The number of carboxylic acid groups (broad SMARTS) is 1. The fraction of sp³-hybridized carbons (Fsp3) is 0.611. The maximum atomic E-state index is 11.3. The van der Waals surface area contributed by atoms with Crippen LogP contribution in [0.4, 0.5) is 0 Å². The molecule has 1 aliphatic rings. The average molecular weight is 336 g/mol. The first-order valence-corrected chi connectivity index (χ1v) is 8.54. The molecule has 2 N–H and O–H groups in total. The molecule has 1 aliphatic heterocycles. The zero-order valence-corrected chi connectivity index (χ0v) is 14.7. The normalized spacial score (nSPS) is 18.6. The van der Waals surface area contributed by atoms with Crippen LogP contribution < -0.4 is 14.9 Å². The fourth-order valence-electron chi connectivity index (χ4n) is 2.77. The molecule has 1 unspecified atom stereocenters. The molecule has 0 saturated carbocycles. The number of carboxylic acids is 1. The van der Waals surface area contributed by atoms with Gasteiger partial charge >= 0.3 is 5.97 Å². The molecule has 1 aromatic carbocycles. The van der Waals surface area contributed by atoms with Crippen molar-refractivity contribution in [2.24, 2.45) is 5.92 Å². The van der Waals surface area contributed by atoms with E-state index in [1.807, 2.05) is 23.2 Å². The van der Waals surface area contributed by atoms with Gasteiger partial charge in [-0.3, -0.25) is 4.79 Å². The van der Waals surface area contributed by atoms with Crippen LogP contribution in [0.2, 0.25) is 0 Å². The molecule has 2 rings (SSSR count). The van der Waals surface area contributed by atoms with Gasteiger partial charge in [0.2, 0.25) is 0 Å². The van der Waals surface area contributed by atoms with Crippen LogP contribution in [0.3, 0.4) is 0 Å². The molecule has 1 heterocycles. The zero-order valence-electron chi connectivity index (χ0n) is 14.7. The number of aliphatic carboxylic acids is 1. The Morgan fingerprint density at radius 1 is 1.38 bits per heavy atom. The Morgan fingerprint density at radius 2 is 2.17 bits per heavy atom. The van der Waals surface area contributed by atoms with Crippen LogP contribution in [0.5, 0.6) is 11.5 Å². The Bertz CT molecular complexity index is 548. The van der Waals surface area contributed by atoms with E-state index < -0.39 is 12.0 Å². The second kappa shape index (κ2) is 8.89. The third-order valence-corrected chi connectivity index (χ3v) is 4.07. The van der Waals surface area contributed by atoms with E-state index in [1.165, 1.54) is 0 Å². The van der Waals surface area contributed by atoms with Gasteiger partial charge in [0.15, 0.2) is 11.5 Å². The standard InChI is InChI=1S/C18H28N2O4/c1-13(2)12-24-17-10-14(7-8-16(17)23-3)11-19-20-9-5-4-6-15(20)18(21)22/h7-8,10,13,15,19H,4-6,9,11-12H2,1-3H3,(H,21,22). The molecule has 0 radical (unpaired) electrons. The third-order valence-electron chi connectivity index (χ3n) is 4.07. The molecule has 0 spiro atoms. The van der Waals surface area contributed by atoms with Crippen molar-refractivity contribution in [3.8, 4) is 11.5 Å². The summed E-state index contributed by atoms with van der Waals surface area (Å²) in [5, 5.41) is 11.2. The number of nitrogens with zero attached hydrogens (tertiary/aromatic N) is 1. The van der Waals surface area contributed by atoms with Crippen LogP contribution >= 0.6 is 0 Å². The van der Waals surface area contributed by atoms with E-state index in [1.54, 1.807) is 7.11 Å². The van der Waals surface area contributed by atoms with Crippen molar-refractivity contribution in [2.75, 3.05) is 20.3 Å². The molecular weight excluding hydrogens is 308 g/mol. The highest BCUT2D eigenvalue weighted by molar-refractivity contribution is 5.73. The van der Waals surface area contributed by atoms with E-state index >= 15 is 0 Å². The molecule has 0 bridgehead atoms. The summed E-state index contributed by atoms with van der Waals surface area (Å²) < 4.78 is 11.2. The van der Waals surface area contributed by atoms with Crippen LogP contribution in [0, 0.1) is 5.92 Å². The lowest BCUT2D eigenvalue weighted by Crippen LogP contribution is -2.51. The predicted octanol–water partition coefficient (Wildman–Crippen LogP) is 2.67. The predicted molar refractivity (Wildman–Crippen MR) is 92.1 cm³/mol. The van der Waals surface area contributed by atoms with Crippen LogP contribution in [0.25, 0.3) is 0 Å². The fourth-order valence-corrected chi connectivity index (χ4v) is 2.77. The largest absolute Gasteiger partial charge is 0.493 e. The highest BCUT2D eigenvalue weighted by atomic mass is 16.5. The number of hydrazine groups is 1. The quantitative estimate of drug-likeness (QED) is 0.760. The number of hydrogen-bond donors (Lipinski definition) is 2. The summed E-state index contributed by atoms with van der Waals surface area (Å²) in [6.45, 7) is 6.14. The molecule has 6 nitrogen and oxygen atoms in total. The van der Waals surface area contributed by atoms with Gasteiger partial charge in [-0.15, -0.1) is 0 Å². The Hall–Kier alpha value is -1.79. The van der Waals surface area contributed by atoms with E-state index in [-0.39, 0.29) is 0 Å². The molecular formula is C18H28N2O4. The highest BCUT2D eigenvalue weighted by Crippen LogP contribution is 2.28. The molecule has 1 saturated heterocycles. The first-order valence-electron chi connectivity index (χ1n) is 8.54. The molecule has 0 amide bonds. The number of benzene rings is 1. The molecule has 0 aromatic heterocycles. The smallest absolute Gasteiger partial charge is 0.322 e. The number of hydrogen-bond acceptors (Lipinski definition) is 5. The minimum Gasteiger partial charge on any atom is -0.493 e. The Labute approximate surface area is 143 Å². The van der Waals surface area contributed by atoms with Gasteiger partial charge in [-0.2, -0.15) is 0 Å². The molecule has 24 heavy (non-hydrogen) atoms. The van der Waals surface area contributed by atoms with Crippen molar-refractivity contribution in [3.05, 3.63) is 23.8 Å². The third kappa shape index (κ3) is 5.11. The van der Waals surface area contributed by atoms with Crippen molar-refractivity contribution in [1.82, 2.24) is 10.4 Å². The van der Waals surface area contributed by atoms with E-state index in [2.05, 4.69) is 19.3 Å². The molecule has 6 heteroatoms. The van der Waals surface area contributed by atoms with Crippen molar-refractivity contribution in [2.45, 2.75) is 45.7 Å². The highest BCUT2D eigenvalue weighted by Gasteiger charge is 2.28. The summed E-state index contributed by atoms with van der Waals surface area (Å²) in [7, 11) is 1.63. The van der Waals surface area contributed by atoms with Gasteiger partial charge in [0.25, 0.3) is 0 Å². The van der Waals surface area contributed by atoms with Gasteiger partial charge in [0.1, 0.15) is 6.04 Å². The monoisotopic (exact) mass is 336 g/mol. The lowest BCUT2D eigenvalue weighted by atomic mass is 10.0. The van der Waals surface area contributed by atoms with Gasteiger partial charge < -0.3 is 14.6 Å².